The number of hydrogen-bond donors (Lipinski definition) is 0. The molecule has 0 aliphatic rings. The molecule has 33 heavy (non-hydrogen) atoms. The average Bonchev–Trinajstić information content (AvgIpc) is 3.13. The van der Waals surface area contributed by atoms with E-state index in [0.29, 0.717) is 51.7 Å². The molecule has 0 unspecified atom stereocenters. The molecule has 0 bridgehead atoms. The van der Waals surface area contributed by atoms with Gasteiger partial charge in [-0.1, -0.05) is 24.3 Å². The first kappa shape index (κ1) is 25.2. The third-order valence-electron chi connectivity index (χ3n) is 4.96. The molecule has 0 atom stereocenters. The molecule has 0 saturated heterocycles. The van der Waals surface area contributed by atoms with Gasteiger partial charge in [0.25, 0.3) is 15.9 Å². The molecule has 2 heterocycles. The number of aromatic nitrogens is 3. The molecular weight excluding hydrogens is 532 g/mol. The number of benzene rings is 1. The SMILES string of the molecule is C=Cc1cc(Cl)cnc1OCCCCN(CC)C(=O)c1ccc2c(c1)c(Br)nn2S(C)(=O)=O. The first-order chi connectivity index (χ1) is 15.7. The maximum Gasteiger partial charge on any atom is 0.253 e. The first-order valence-corrected chi connectivity index (χ1v) is 13.3. The van der Waals surface area contributed by atoms with E-state index in [0.717, 1.165) is 28.7 Å². The summed E-state index contributed by atoms with van der Waals surface area (Å²) in [5, 5.41) is 5.10. The minimum absolute atomic E-state index is 0.132. The zero-order valence-corrected chi connectivity index (χ0v) is 21.5. The van der Waals surface area contributed by atoms with Crippen molar-refractivity contribution in [2.24, 2.45) is 0 Å². The Morgan fingerprint density at radius 2 is 2.09 bits per heavy atom. The summed E-state index contributed by atoms with van der Waals surface area (Å²) >= 11 is 9.22. The Hall–Kier alpha value is -2.43. The third kappa shape index (κ3) is 5.93. The number of fused-ring (bicyclic) bond motifs is 1. The second-order valence-corrected chi connectivity index (χ2v) is 10.3. The summed E-state index contributed by atoms with van der Waals surface area (Å²) in [5.74, 6) is 0.346. The van der Waals surface area contributed by atoms with Gasteiger partial charge in [-0.2, -0.15) is 4.09 Å². The number of nitrogens with zero attached hydrogens (tertiary/aromatic N) is 4. The van der Waals surface area contributed by atoms with Gasteiger partial charge >= 0.3 is 0 Å². The molecule has 11 heteroatoms. The van der Waals surface area contributed by atoms with Crippen LogP contribution >= 0.6 is 27.5 Å². The topological polar surface area (TPSA) is 94.4 Å². The quantitative estimate of drug-likeness (QED) is 0.339. The number of ether oxygens (including phenoxy) is 1. The van der Waals surface area contributed by atoms with Gasteiger partial charge in [0.2, 0.25) is 5.88 Å². The average molecular weight is 556 g/mol. The molecule has 176 valence electrons. The number of amides is 1. The molecule has 0 radical (unpaired) electrons. The highest BCUT2D eigenvalue weighted by Crippen LogP contribution is 2.26. The number of carbonyl (C=O) groups is 1. The largest absolute Gasteiger partial charge is 0.477 e. The second kappa shape index (κ2) is 10.7. The summed E-state index contributed by atoms with van der Waals surface area (Å²) in [4.78, 5) is 19.0. The summed E-state index contributed by atoms with van der Waals surface area (Å²) in [5.41, 5.74) is 1.61. The fraction of sp³-hybridized carbons (Fsp3) is 0.318. The molecule has 0 aliphatic carbocycles. The lowest BCUT2D eigenvalue weighted by Gasteiger charge is -2.21. The van der Waals surface area contributed by atoms with E-state index < -0.39 is 10.0 Å². The Labute approximate surface area is 206 Å². The molecule has 0 N–H and O–H groups in total. The molecule has 3 rings (SSSR count). The summed E-state index contributed by atoms with van der Waals surface area (Å²) in [7, 11) is -3.56. The normalized spacial score (nSPS) is 11.5. The van der Waals surface area contributed by atoms with Crippen LogP contribution in [0.2, 0.25) is 5.02 Å². The number of pyridine rings is 1. The van der Waals surface area contributed by atoms with Gasteiger partial charge < -0.3 is 9.64 Å². The Bertz CT molecular complexity index is 1290. The van der Waals surface area contributed by atoms with Crippen LogP contribution in [0.1, 0.15) is 35.7 Å². The summed E-state index contributed by atoms with van der Waals surface area (Å²) in [6.07, 6.45) is 5.72. The van der Waals surface area contributed by atoms with E-state index in [1.807, 2.05) is 6.92 Å². The van der Waals surface area contributed by atoms with E-state index in [2.05, 4.69) is 32.6 Å². The number of hydrogen-bond acceptors (Lipinski definition) is 6. The van der Waals surface area contributed by atoms with Crippen LogP contribution in [-0.2, 0) is 10.0 Å². The van der Waals surface area contributed by atoms with Crippen molar-refractivity contribution >= 4 is 60.4 Å². The van der Waals surface area contributed by atoms with Gasteiger partial charge in [-0.3, -0.25) is 4.79 Å². The molecule has 2 aromatic heterocycles. The summed E-state index contributed by atoms with van der Waals surface area (Å²) in [6, 6.07) is 6.61. The highest BCUT2D eigenvalue weighted by atomic mass is 79.9. The monoisotopic (exact) mass is 554 g/mol. The van der Waals surface area contributed by atoms with Crippen LogP contribution in [0.4, 0.5) is 0 Å². The molecule has 0 spiro atoms. The van der Waals surface area contributed by atoms with E-state index in [1.54, 1.807) is 35.2 Å². The Morgan fingerprint density at radius 1 is 1.33 bits per heavy atom. The van der Waals surface area contributed by atoms with Gasteiger partial charge in [0, 0.05) is 35.8 Å². The van der Waals surface area contributed by atoms with Crippen molar-refractivity contribution in [3.05, 3.63) is 57.8 Å². The van der Waals surface area contributed by atoms with E-state index in [-0.39, 0.29) is 5.91 Å². The Balaban J connectivity index is 1.61. The Kier molecular flexibility index (Phi) is 8.14. The van der Waals surface area contributed by atoms with Crippen LogP contribution in [0.3, 0.4) is 0 Å². The molecule has 0 fully saturated rings. The Morgan fingerprint density at radius 3 is 2.76 bits per heavy atom. The molecular formula is C22H24BrClN4O4S. The minimum Gasteiger partial charge on any atom is -0.477 e. The van der Waals surface area contributed by atoms with Gasteiger partial charge in [-0.05, 0) is 60.0 Å². The van der Waals surface area contributed by atoms with E-state index >= 15 is 0 Å². The number of halogens is 2. The predicted molar refractivity (Wildman–Crippen MR) is 133 cm³/mol. The van der Waals surface area contributed by atoms with Crippen LogP contribution in [0.25, 0.3) is 17.0 Å². The van der Waals surface area contributed by atoms with Crippen LogP contribution < -0.4 is 4.74 Å². The van der Waals surface area contributed by atoms with Crippen molar-refractivity contribution < 1.29 is 17.9 Å². The van der Waals surface area contributed by atoms with Gasteiger partial charge in [0.15, 0.2) is 0 Å². The summed E-state index contributed by atoms with van der Waals surface area (Å²) in [6.45, 7) is 7.20. The second-order valence-electron chi connectivity index (χ2n) is 7.32. The van der Waals surface area contributed by atoms with E-state index in [1.165, 1.54) is 6.20 Å². The zero-order chi connectivity index (χ0) is 24.2. The van der Waals surface area contributed by atoms with Crippen LogP contribution in [0.5, 0.6) is 5.88 Å². The van der Waals surface area contributed by atoms with Crippen molar-refractivity contribution in [1.29, 1.82) is 0 Å². The van der Waals surface area contributed by atoms with Gasteiger partial charge in [0.1, 0.15) is 4.60 Å². The lowest BCUT2D eigenvalue weighted by atomic mass is 10.1. The maximum atomic E-state index is 13.0. The van der Waals surface area contributed by atoms with Crippen molar-refractivity contribution in [2.45, 2.75) is 19.8 Å². The predicted octanol–water partition coefficient (Wildman–Crippen LogP) is 4.62. The van der Waals surface area contributed by atoms with Crippen LogP contribution in [0.15, 0.2) is 41.6 Å². The fourth-order valence-corrected chi connectivity index (χ4v) is 4.80. The fourth-order valence-electron chi connectivity index (χ4n) is 3.31. The van der Waals surface area contributed by atoms with Crippen molar-refractivity contribution in [3.63, 3.8) is 0 Å². The lowest BCUT2D eigenvalue weighted by molar-refractivity contribution is 0.0759. The van der Waals surface area contributed by atoms with Gasteiger partial charge in [0.05, 0.1) is 23.4 Å². The smallest absolute Gasteiger partial charge is 0.253 e. The zero-order valence-electron chi connectivity index (χ0n) is 18.3. The van der Waals surface area contributed by atoms with Gasteiger partial charge in [-0.15, -0.1) is 5.10 Å². The lowest BCUT2D eigenvalue weighted by Crippen LogP contribution is -2.32. The van der Waals surface area contributed by atoms with Crippen LogP contribution in [-0.4, -0.2) is 59.3 Å². The molecule has 1 amide bonds. The molecule has 8 nitrogen and oxygen atoms in total. The molecule has 0 aliphatic heterocycles. The minimum atomic E-state index is -3.56. The number of unbranched alkanes of at least 4 members (excludes halogenated alkanes) is 1. The van der Waals surface area contributed by atoms with Gasteiger partial charge in [-0.25, -0.2) is 13.4 Å². The van der Waals surface area contributed by atoms with E-state index in [4.69, 9.17) is 16.3 Å². The molecule has 1 aromatic carbocycles. The van der Waals surface area contributed by atoms with Crippen molar-refractivity contribution in [3.8, 4) is 5.88 Å². The number of carbonyl (C=O) groups excluding carboxylic acids is 1. The van der Waals surface area contributed by atoms with Crippen LogP contribution in [0, 0.1) is 0 Å². The number of rotatable bonds is 10. The maximum absolute atomic E-state index is 13.0. The molecule has 3 aromatic rings. The van der Waals surface area contributed by atoms with Crippen molar-refractivity contribution in [2.75, 3.05) is 26.0 Å². The highest BCUT2D eigenvalue weighted by molar-refractivity contribution is 9.10. The first-order valence-electron chi connectivity index (χ1n) is 10.2. The standard InChI is InChI=1S/C22H24BrClN4O4S/c1-4-15-12-17(24)14-25-21(15)32-11-7-6-10-27(5-2)22(29)16-8-9-19-18(13-16)20(23)26-28(19)33(3,30)31/h4,8-9,12-14H,1,5-7,10-11H2,2-3H3. The van der Waals surface area contributed by atoms with Crippen molar-refractivity contribution in [1.82, 2.24) is 19.1 Å². The summed E-state index contributed by atoms with van der Waals surface area (Å²) < 4.78 is 30.9. The molecule has 0 saturated carbocycles. The van der Waals surface area contributed by atoms with E-state index in [9.17, 15) is 13.2 Å². The highest BCUT2D eigenvalue weighted by Gasteiger charge is 2.19. The third-order valence-corrected chi connectivity index (χ3v) is 6.66.